The van der Waals surface area contributed by atoms with Crippen molar-refractivity contribution in [2.75, 3.05) is 19.1 Å². The highest BCUT2D eigenvalue weighted by Crippen LogP contribution is 2.30. The predicted octanol–water partition coefficient (Wildman–Crippen LogP) is 4.35. The van der Waals surface area contributed by atoms with Gasteiger partial charge in [-0.15, -0.1) is 0 Å². The molecule has 30 heavy (non-hydrogen) atoms. The molecule has 0 fully saturated rings. The number of imidazole rings is 1. The zero-order chi connectivity index (χ0) is 21.1. The molecule has 0 spiro atoms. The maximum absolute atomic E-state index is 12.8. The number of fused-ring (bicyclic) bond motifs is 1. The van der Waals surface area contributed by atoms with Gasteiger partial charge in [-0.2, -0.15) is 0 Å². The molecule has 0 saturated carbocycles. The summed E-state index contributed by atoms with van der Waals surface area (Å²) >= 11 is 0. The van der Waals surface area contributed by atoms with Gasteiger partial charge in [0.15, 0.2) is 17.2 Å². The minimum atomic E-state index is -0.239. The van der Waals surface area contributed by atoms with Crippen molar-refractivity contribution >= 4 is 17.4 Å². The van der Waals surface area contributed by atoms with E-state index in [4.69, 9.17) is 18.9 Å². The number of amides is 1. The molecule has 0 saturated heterocycles. The van der Waals surface area contributed by atoms with Crippen LogP contribution in [-0.4, -0.2) is 29.4 Å². The number of carbonyl (C=O) groups excluding carboxylic acids is 1. The molecule has 3 heterocycles. The van der Waals surface area contributed by atoms with Gasteiger partial charge in [0.2, 0.25) is 0 Å². The molecule has 7 heteroatoms. The number of aryl methyl sites for hydroxylation is 1. The van der Waals surface area contributed by atoms with E-state index in [1.165, 1.54) is 6.26 Å². The molecule has 154 valence electrons. The van der Waals surface area contributed by atoms with Crippen LogP contribution in [0, 0.1) is 0 Å². The minimum Gasteiger partial charge on any atom is -0.496 e. The Balaban J connectivity index is 1.69. The monoisotopic (exact) mass is 405 g/mol. The number of ether oxygens (including phenoxy) is 2. The van der Waals surface area contributed by atoms with E-state index in [1.54, 1.807) is 31.2 Å². The van der Waals surface area contributed by atoms with Crippen molar-refractivity contribution in [3.63, 3.8) is 0 Å². The molecule has 0 atom stereocenters. The first-order chi connectivity index (χ1) is 14.6. The van der Waals surface area contributed by atoms with Crippen LogP contribution in [0.1, 0.15) is 28.7 Å². The van der Waals surface area contributed by atoms with Crippen molar-refractivity contribution in [1.82, 2.24) is 9.38 Å². The fraction of sp³-hybridized carbons (Fsp3) is 0.217. The molecule has 0 bridgehead atoms. The predicted molar refractivity (Wildman–Crippen MR) is 113 cm³/mol. The topological polar surface area (TPSA) is 69.2 Å². The van der Waals surface area contributed by atoms with Crippen LogP contribution in [0.2, 0.25) is 0 Å². The molecule has 3 aromatic heterocycles. The average molecular weight is 405 g/mol. The summed E-state index contributed by atoms with van der Waals surface area (Å²) in [6.07, 6.45) is 4.03. The highest BCUT2D eigenvalue weighted by molar-refractivity contribution is 6.03. The molecule has 0 unspecified atom stereocenters. The quantitative estimate of drug-likeness (QED) is 0.457. The van der Waals surface area contributed by atoms with Gasteiger partial charge in [0.1, 0.15) is 18.2 Å². The summed E-state index contributed by atoms with van der Waals surface area (Å²) in [5, 5.41) is 0. The van der Waals surface area contributed by atoms with E-state index >= 15 is 0 Å². The number of furan rings is 1. The van der Waals surface area contributed by atoms with Crippen LogP contribution in [-0.2, 0) is 13.0 Å². The molecule has 1 aromatic carbocycles. The SMILES string of the molecule is CCc1nc2c(OCc3ccccc3OC)cccn2c1N(C)C(=O)c1ccco1. The van der Waals surface area contributed by atoms with Crippen LogP contribution in [0.4, 0.5) is 5.82 Å². The van der Waals surface area contributed by atoms with Crippen LogP contribution < -0.4 is 14.4 Å². The molecule has 0 aliphatic carbocycles. The summed E-state index contributed by atoms with van der Waals surface area (Å²) in [5.74, 6) is 2.13. The Labute approximate surface area is 174 Å². The summed E-state index contributed by atoms with van der Waals surface area (Å²) in [4.78, 5) is 19.1. The van der Waals surface area contributed by atoms with E-state index in [-0.39, 0.29) is 11.7 Å². The largest absolute Gasteiger partial charge is 0.496 e. The Morgan fingerprint density at radius 2 is 1.93 bits per heavy atom. The van der Waals surface area contributed by atoms with Gasteiger partial charge in [-0.05, 0) is 36.8 Å². The first-order valence-electron chi connectivity index (χ1n) is 9.70. The van der Waals surface area contributed by atoms with E-state index in [0.29, 0.717) is 30.2 Å². The number of methoxy groups -OCH3 is 1. The van der Waals surface area contributed by atoms with Crippen LogP contribution in [0.15, 0.2) is 65.4 Å². The van der Waals surface area contributed by atoms with Crippen molar-refractivity contribution in [1.29, 1.82) is 0 Å². The van der Waals surface area contributed by atoms with Crippen molar-refractivity contribution in [2.24, 2.45) is 0 Å². The van der Waals surface area contributed by atoms with E-state index in [1.807, 2.05) is 53.9 Å². The highest BCUT2D eigenvalue weighted by Gasteiger charge is 2.24. The lowest BCUT2D eigenvalue weighted by Crippen LogP contribution is -2.28. The maximum atomic E-state index is 12.8. The molecule has 0 aliphatic rings. The molecule has 4 aromatic rings. The fourth-order valence-electron chi connectivity index (χ4n) is 3.42. The Morgan fingerprint density at radius 1 is 1.13 bits per heavy atom. The number of hydrogen-bond donors (Lipinski definition) is 0. The zero-order valence-electron chi connectivity index (χ0n) is 17.2. The highest BCUT2D eigenvalue weighted by atomic mass is 16.5. The normalized spacial score (nSPS) is 10.9. The third-order valence-corrected chi connectivity index (χ3v) is 4.92. The summed E-state index contributed by atoms with van der Waals surface area (Å²) in [7, 11) is 3.36. The number of para-hydroxylation sites is 1. The number of pyridine rings is 1. The number of benzene rings is 1. The second kappa shape index (κ2) is 8.32. The van der Waals surface area contributed by atoms with Gasteiger partial charge in [0.05, 0.1) is 19.1 Å². The number of aromatic nitrogens is 2. The lowest BCUT2D eigenvalue weighted by atomic mass is 10.2. The Hall–Kier alpha value is -3.74. The molecule has 0 radical (unpaired) electrons. The van der Waals surface area contributed by atoms with Gasteiger partial charge in [-0.1, -0.05) is 25.1 Å². The van der Waals surface area contributed by atoms with E-state index < -0.39 is 0 Å². The van der Waals surface area contributed by atoms with Crippen LogP contribution in [0.3, 0.4) is 0 Å². The van der Waals surface area contributed by atoms with Crippen molar-refractivity contribution < 1.29 is 18.7 Å². The lowest BCUT2D eigenvalue weighted by molar-refractivity contribution is 0.0965. The molecule has 0 N–H and O–H groups in total. The van der Waals surface area contributed by atoms with Crippen molar-refractivity contribution in [3.05, 3.63) is 78.0 Å². The summed E-state index contributed by atoms with van der Waals surface area (Å²) in [6, 6.07) is 14.8. The molecular weight excluding hydrogens is 382 g/mol. The average Bonchev–Trinajstić information content (AvgIpc) is 3.44. The standard InChI is InChI=1S/C23H23N3O4/c1-4-17-22(25(2)23(27)20-12-8-14-29-20)26-13-7-11-19(21(26)24-17)30-15-16-9-5-6-10-18(16)28-3/h5-14H,4,15H2,1-3H3. The first kappa shape index (κ1) is 19.6. The van der Waals surface area contributed by atoms with Gasteiger partial charge in [-0.25, -0.2) is 4.98 Å². The molecule has 0 aliphatic heterocycles. The number of rotatable bonds is 7. The van der Waals surface area contributed by atoms with Gasteiger partial charge < -0.3 is 13.9 Å². The Kier molecular flexibility index (Phi) is 5.43. The number of hydrogen-bond acceptors (Lipinski definition) is 5. The summed E-state index contributed by atoms with van der Waals surface area (Å²) in [5.41, 5.74) is 2.39. The third-order valence-electron chi connectivity index (χ3n) is 4.92. The van der Waals surface area contributed by atoms with Crippen molar-refractivity contribution in [2.45, 2.75) is 20.0 Å². The fourth-order valence-corrected chi connectivity index (χ4v) is 3.42. The number of anilines is 1. The van der Waals surface area contributed by atoms with Crippen LogP contribution >= 0.6 is 0 Å². The maximum Gasteiger partial charge on any atom is 0.294 e. The molecule has 7 nitrogen and oxygen atoms in total. The zero-order valence-corrected chi connectivity index (χ0v) is 17.2. The van der Waals surface area contributed by atoms with Crippen LogP contribution in [0.5, 0.6) is 11.5 Å². The summed E-state index contributed by atoms with van der Waals surface area (Å²) in [6.45, 7) is 2.35. The van der Waals surface area contributed by atoms with Crippen molar-refractivity contribution in [3.8, 4) is 11.5 Å². The van der Waals surface area contributed by atoms with E-state index in [2.05, 4.69) is 0 Å². The molecular formula is C23H23N3O4. The second-order valence-corrected chi connectivity index (χ2v) is 6.74. The van der Waals surface area contributed by atoms with Gasteiger partial charge >= 0.3 is 0 Å². The Morgan fingerprint density at radius 3 is 2.67 bits per heavy atom. The summed E-state index contributed by atoms with van der Waals surface area (Å²) < 4.78 is 18.6. The second-order valence-electron chi connectivity index (χ2n) is 6.74. The minimum absolute atomic E-state index is 0.239. The Bertz CT molecular complexity index is 1160. The first-order valence-corrected chi connectivity index (χ1v) is 9.70. The molecule has 4 rings (SSSR count). The van der Waals surface area contributed by atoms with Gasteiger partial charge in [-0.3, -0.25) is 14.1 Å². The van der Waals surface area contributed by atoms with Crippen LogP contribution in [0.25, 0.3) is 5.65 Å². The smallest absolute Gasteiger partial charge is 0.294 e. The number of nitrogens with zero attached hydrogens (tertiary/aromatic N) is 3. The van der Waals surface area contributed by atoms with Gasteiger partial charge in [0.25, 0.3) is 5.91 Å². The van der Waals surface area contributed by atoms with E-state index in [0.717, 1.165) is 17.0 Å². The third kappa shape index (κ3) is 3.50. The van der Waals surface area contributed by atoms with Gasteiger partial charge in [0, 0.05) is 18.8 Å². The number of carbonyl (C=O) groups is 1. The lowest BCUT2D eigenvalue weighted by Gasteiger charge is -2.17. The van der Waals surface area contributed by atoms with E-state index in [9.17, 15) is 4.79 Å². The molecule has 1 amide bonds.